The molecule has 0 amide bonds. The number of hydrogen-bond donors (Lipinski definition) is 2. The maximum atomic E-state index is 15.5. The molecule has 0 aliphatic carbocycles. The molecule has 1 unspecified atom stereocenters. The van der Waals surface area contributed by atoms with Crippen molar-refractivity contribution < 1.29 is 13.2 Å². The fourth-order valence-electron chi connectivity index (χ4n) is 4.19. The molecule has 158 valence electrons. The van der Waals surface area contributed by atoms with Crippen LogP contribution in [0, 0.1) is 11.6 Å². The normalized spacial score (nSPS) is 15.8. The number of hydrogen-bond acceptors (Lipinski definition) is 4. The topological polar surface area (TPSA) is 57.1 Å². The number of furan rings is 1. The highest BCUT2D eigenvalue weighted by Gasteiger charge is 2.30. The van der Waals surface area contributed by atoms with Crippen LogP contribution < -0.4 is 5.32 Å². The Kier molecular flexibility index (Phi) is 5.36. The molecule has 7 heteroatoms. The molecule has 0 saturated carbocycles. The molecule has 1 aliphatic rings. The number of benzene rings is 2. The number of aromatic nitrogens is 2. The van der Waals surface area contributed by atoms with Crippen LogP contribution in [0.4, 0.5) is 8.78 Å². The quantitative estimate of drug-likeness (QED) is 0.495. The molecule has 1 atom stereocenters. The van der Waals surface area contributed by atoms with Crippen LogP contribution in [0.5, 0.6) is 0 Å². The SMILES string of the molecule is Fc1ccc(-c2ccc(C(c3cn[nH]c3-c3ccco3)N3CCNCC3)c(F)c2)cc1. The monoisotopic (exact) mass is 420 g/mol. The Morgan fingerprint density at radius 2 is 1.71 bits per heavy atom. The van der Waals surface area contributed by atoms with Gasteiger partial charge in [-0.2, -0.15) is 5.10 Å². The van der Waals surface area contributed by atoms with E-state index in [9.17, 15) is 4.39 Å². The van der Waals surface area contributed by atoms with Crippen molar-refractivity contribution >= 4 is 0 Å². The molecule has 4 aromatic rings. The molecule has 3 heterocycles. The predicted octanol–water partition coefficient (Wildman–Crippen LogP) is 4.61. The highest BCUT2D eigenvalue weighted by atomic mass is 19.1. The van der Waals surface area contributed by atoms with Gasteiger partial charge in [0.05, 0.1) is 18.5 Å². The van der Waals surface area contributed by atoms with Crippen molar-refractivity contribution in [3.8, 4) is 22.6 Å². The summed E-state index contributed by atoms with van der Waals surface area (Å²) in [7, 11) is 0. The first kappa shape index (κ1) is 19.7. The van der Waals surface area contributed by atoms with E-state index < -0.39 is 0 Å². The highest BCUT2D eigenvalue weighted by molar-refractivity contribution is 5.65. The minimum Gasteiger partial charge on any atom is -0.463 e. The summed E-state index contributed by atoms with van der Waals surface area (Å²) >= 11 is 0. The van der Waals surface area contributed by atoms with Gasteiger partial charge in [0, 0.05) is 37.3 Å². The van der Waals surface area contributed by atoms with Crippen molar-refractivity contribution in [1.82, 2.24) is 20.4 Å². The molecule has 2 aromatic carbocycles. The number of rotatable bonds is 5. The van der Waals surface area contributed by atoms with Crippen molar-refractivity contribution in [2.75, 3.05) is 26.2 Å². The lowest BCUT2D eigenvalue weighted by Crippen LogP contribution is -2.45. The van der Waals surface area contributed by atoms with E-state index in [0.717, 1.165) is 43.0 Å². The molecule has 31 heavy (non-hydrogen) atoms. The molecular weight excluding hydrogens is 398 g/mol. The minimum absolute atomic E-state index is 0.308. The van der Waals surface area contributed by atoms with E-state index in [0.29, 0.717) is 16.9 Å². The smallest absolute Gasteiger partial charge is 0.151 e. The Morgan fingerprint density at radius 3 is 2.42 bits per heavy atom. The third kappa shape index (κ3) is 3.89. The van der Waals surface area contributed by atoms with Gasteiger partial charge in [-0.05, 0) is 41.5 Å². The first-order valence-corrected chi connectivity index (χ1v) is 10.3. The molecule has 2 aromatic heterocycles. The average molecular weight is 420 g/mol. The third-order valence-corrected chi connectivity index (χ3v) is 5.72. The van der Waals surface area contributed by atoms with Crippen LogP contribution in [-0.4, -0.2) is 41.3 Å². The fourth-order valence-corrected chi connectivity index (χ4v) is 4.19. The van der Waals surface area contributed by atoms with Gasteiger partial charge in [-0.1, -0.05) is 24.3 Å². The molecule has 5 nitrogen and oxygen atoms in total. The van der Waals surface area contributed by atoms with Crippen LogP contribution in [0.3, 0.4) is 0 Å². The van der Waals surface area contributed by atoms with Crippen LogP contribution >= 0.6 is 0 Å². The van der Waals surface area contributed by atoms with Gasteiger partial charge in [0.25, 0.3) is 0 Å². The van der Waals surface area contributed by atoms with Crippen molar-refractivity contribution in [3.63, 3.8) is 0 Å². The zero-order valence-corrected chi connectivity index (χ0v) is 16.8. The van der Waals surface area contributed by atoms with E-state index in [1.807, 2.05) is 24.3 Å². The van der Waals surface area contributed by atoms with Gasteiger partial charge in [-0.15, -0.1) is 0 Å². The summed E-state index contributed by atoms with van der Waals surface area (Å²) in [6.07, 6.45) is 3.36. The Balaban J connectivity index is 1.58. The Morgan fingerprint density at radius 1 is 0.935 bits per heavy atom. The van der Waals surface area contributed by atoms with Gasteiger partial charge in [0.2, 0.25) is 0 Å². The Bertz CT molecular complexity index is 1150. The zero-order valence-electron chi connectivity index (χ0n) is 16.8. The summed E-state index contributed by atoms with van der Waals surface area (Å²) in [6, 6.07) is 14.7. The second kappa shape index (κ2) is 8.45. The van der Waals surface area contributed by atoms with E-state index in [1.165, 1.54) is 18.2 Å². The first-order valence-electron chi connectivity index (χ1n) is 10.3. The number of halogens is 2. The number of aromatic amines is 1. The van der Waals surface area contributed by atoms with Gasteiger partial charge < -0.3 is 9.73 Å². The predicted molar refractivity (Wildman–Crippen MR) is 114 cm³/mol. The summed E-state index contributed by atoms with van der Waals surface area (Å²) < 4.78 is 34.4. The van der Waals surface area contributed by atoms with Crippen molar-refractivity contribution in [1.29, 1.82) is 0 Å². The van der Waals surface area contributed by atoms with Crippen LogP contribution in [0.2, 0.25) is 0 Å². The third-order valence-electron chi connectivity index (χ3n) is 5.72. The molecule has 0 bridgehead atoms. The maximum absolute atomic E-state index is 15.5. The zero-order chi connectivity index (χ0) is 21.2. The van der Waals surface area contributed by atoms with E-state index in [2.05, 4.69) is 20.4 Å². The van der Waals surface area contributed by atoms with Crippen LogP contribution in [0.1, 0.15) is 17.2 Å². The summed E-state index contributed by atoms with van der Waals surface area (Å²) in [5.41, 5.74) is 3.66. The highest BCUT2D eigenvalue weighted by Crippen LogP contribution is 2.37. The number of H-pyrrole nitrogens is 1. The fraction of sp³-hybridized carbons (Fsp3) is 0.208. The largest absolute Gasteiger partial charge is 0.463 e. The number of nitrogens with one attached hydrogen (secondary N) is 2. The van der Waals surface area contributed by atoms with Crippen LogP contribution in [0.15, 0.2) is 71.5 Å². The molecule has 2 N–H and O–H groups in total. The van der Waals surface area contributed by atoms with Crippen molar-refractivity contribution in [2.24, 2.45) is 0 Å². The standard InChI is InChI=1S/C24H22F2N4O/c25-18-6-3-16(4-7-18)17-5-8-19(21(26)14-17)24(30-11-9-27-10-12-30)20-15-28-29-23(20)22-2-1-13-31-22/h1-8,13-15,24,27H,9-12H2,(H,28,29). The summed E-state index contributed by atoms with van der Waals surface area (Å²) in [4.78, 5) is 2.25. The van der Waals surface area contributed by atoms with Crippen molar-refractivity contribution in [3.05, 3.63) is 89.8 Å². The molecule has 0 spiro atoms. The van der Waals surface area contributed by atoms with Crippen LogP contribution in [-0.2, 0) is 0 Å². The van der Waals surface area contributed by atoms with Crippen LogP contribution in [0.25, 0.3) is 22.6 Å². The second-order valence-corrected chi connectivity index (χ2v) is 7.61. The van der Waals surface area contributed by atoms with E-state index >= 15 is 4.39 Å². The lowest BCUT2D eigenvalue weighted by molar-refractivity contribution is 0.195. The summed E-state index contributed by atoms with van der Waals surface area (Å²) in [5.74, 6) is 0.0398. The van der Waals surface area contributed by atoms with Gasteiger partial charge in [0.15, 0.2) is 5.76 Å². The van der Waals surface area contributed by atoms with E-state index in [4.69, 9.17) is 4.42 Å². The van der Waals surface area contributed by atoms with Gasteiger partial charge >= 0.3 is 0 Å². The number of nitrogens with zero attached hydrogens (tertiary/aromatic N) is 2. The molecular formula is C24H22F2N4O. The van der Waals surface area contributed by atoms with Crippen molar-refractivity contribution in [2.45, 2.75) is 6.04 Å². The Hall–Kier alpha value is -3.29. The molecule has 1 saturated heterocycles. The van der Waals surface area contributed by atoms with Gasteiger partial charge in [-0.25, -0.2) is 8.78 Å². The minimum atomic E-state index is -0.316. The molecule has 5 rings (SSSR count). The summed E-state index contributed by atoms with van der Waals surface area (Å²) in [5, 5.41) is 10.6. The van der Waals surface area contributed by atoms with Gasteiger partial charge in [-0.3, -0.25) is 10.00 Å². The average Bonchev–Trinajstić information content (AvgIpc) is 3.48. The van der Waals surface area contributed by atoms with Gasteiger partial charge in [0.1, 0.15) is 17.3 Å². The maximum Gasteiger partial charge on any atom is 0.151 e. The molecule has 1 aliphatic heterocycles. The van der Waals surface area contributed by atoms with E-state index in [1.54, 1.807) is 24.6 Å². The lowest BCUT2D eigenvalue weighted by atomic mass is 9.93. The Labute approximate surface area is 178 Å². The van der Waals surface area contributed by atoms with E-state index in [-0.39, 0.29) is 17.7 Å². The molecule has 0 radical (unpaired) electrons. The number of piperazine rings is 1. The second-order valence-electron chi connectivity index (χ2n) is 7.61. The molecule has 1 fully saturated rings. The first-order chi connectivity index (χ1) is 15.2. The lowest BCUT2D eigenvalue weighted by Gasteiger charge is -2.35. The summed E-state index contributed by atoms with van der Waals surface area (Å²) in [6.45, 7) is 3.23.